The van der Waals surface area contributed by atoms with Crippen molar-refractivity contribution in [3.63, 3.8) is 0 Å². The van der Waals surface area contributed by atoms with Gasteiger partial charge in [0.1, 0.15) is 11.7 Å². The molecule has 0 fully saturated rings. The first-order valence-electron chi connectivity index (χ1n) is 10.9. The fourth-order valence-corrected chi connectivity index (χ4v) is 4.44. The van der Waals surface area contributed by atoms with Crippen LogP contribution in [0.15, 0.2) is 46.8 Å². The number of carbonyl (C=O) groups is 3. The minimum absolute atomic E-state index is 0.228. The Balaban J connectivity index is 2.18. The van der Waals surface area contributed by atoms with Crippen LogP contribution < -0.4 is 10.1 Å². The van der Waals surface area contributed by atoms with Gasteiger partial charge in [-0.2, -0.15) is 0 Å². The Morgan fingerprint density at radius 2 is 1.97 bits per heavy atom. The van der Waals surface area contributed by atoms with Gasteiger partial charge in [-0.25, -0.2) is 4.79 Å². The molecule has 2 aliphatic rings. The van der Waals surface area contributed by atoms with Crippen LogP contribution in [0.4, 0.5) is 0 Å². The molecule has 1 heterocycles. The zero-order chi connectivity index (χ0) is 23.6. The minimum Gasteiger partial charge on any atom is -0.497 e. The molecule has 1 N–H and O–H groups in total. The van der Waals surface area contributed by atoms with Crippen molar-refractivity contribution < 1.29 is 28.6 Å². The summed E-state index contributed by atoms with van der Waals surface area (Å²) in [5, 5.41) is 3.26. The minimum atomic E-state index is -0.918. The molecule has 7 nitrogen and oxygen atoms in total. The van der Waals surface area contributed by atoms with Crippen molar-refractivity contribution in [3.05, 3.63) is 52.4 Å². The van der Waals surface area contributed by atoms with Crippen molar-refractivity contribution in [2.24, 2.45) is 11.8 Å². The van der Waals surface area contributed by atoms with Gasteiger partial charge in [0.2, 0.25) is 0 Å². The maximum absolute atomic E-state index is 13.7. The van der Waals surface area contributed by atoms with E-state index in [2.05, 4.69) is 5.32 Å². The number of ketones is 1. The third kappa shape index (κ3) is 4.29. The number of allylic oxidation sites excluding steroid dienone is 3. The predicted molar refractivity (Wildman–Crippen MR) is 119 cm³/mol. The molecular formula is C25H31NO6. The predicted octanol–water partition coefficient (Wildman–Crippen LogP) is 3.65. The first-order valence-corrected chi connectivity index (χ1v) is 10.9. The van der Waals surface area contributed by atoms with Gasteiger partial charge in [0.05, 0.1) is 25.9 Å². The molecule has 0 spiro atoms. The summed E-state index contributed by atoms with van der Waals surface area (Å²) < 4.78 is 16.0. The maximum atomic E-state index is 13.7. The third-order valence-electron chi connectivity index (χ3n) is 6.27. The van der Waals surface area contributed by atoms with Gasteiger partial charge < -0.3 is 19.5 Å². The molecule has 32 heavy (non-hydrogen) atoms. The van der Waals surface area contributed by atoms with Crippen molar-refractivity contribution in [2.45, 2.75) is 52.6 Å². The summed E-state index contributed by atoms with van der Waals surface area (Å²) in [6.45, 7) is 7.43. The van der Waals surface area contributed by atoms with E-state index in [1.54, 1.807) is 13.2 Å². The van der Waals surface area contributed by atoms with Crippen molar-refractivity contribution in [1.82, 2.24) is 5.32 Å². The van der Waals surface area contributed by atoms with Gasteiger partial charge >= 0.3 is 11.9 Å². The molecule has 1 aliphatic carbocycles. The molecule has 1 aromatic carbocycles. The smallest absolute Gasteiger partial charge is 0.337 e. The largest absolute Gasteiger partial charge is 0.497 e. The summed E-state index contributed by atoms with van der Waals surface area (Å²) in [7, 11) is 2.84. The lowest BCUT2D eigenvalue weighted by Gasteiger charge is -2.38. The molecule has 7 heteroatoms. The van der Waals surface area contributed by atoms with Crippen LogP contribution in [-0.4, -0.2) is 38.0 Å². The first-order chi connectivity index (χ1) is 15.2. The first kappa shape index (κ1) is 23.6. The monoisotopic (exact) mass is 441 g/mol. The van der Waals surface area contributed by atoms with Crippen molar-refractivity contribution in [1.29, 1.82) is 0 Å². The molecule has 3 rings (SSSR count). The number of hydrogen-bond donors (Lipinski definition) is 1. The Morgan fingerprint density at radius 3 is 2.59 bits per heavy atom. The molecule has 1 aromatic rings. The molecule has 0 aromatic heterocycles. The normalized spacial score (nSPS) is 23.8. The van der Waals surface area contributed by atoms with Gasteiger partial charge in [0.25, 0.3) is 0 Å². The summed E-state index contributed by atoms with van der Waals surface area (Å²) in [5.74, 6) is -2.58. The number of rotatable bonds is 6. The van der Waals surface area contributed by atoms with E-state index in [1.807, 2.05) is 45.9 Å². The van der Waals surface area contributed by atoms with Gasteiger partial charge in [0, 0.05) is 22.9 Å². The van der Waals surface area contributed by atoms with Crippen LogP contribution in [0.1, 0.15) is 52.0 Å². The van der Waals surface area contributed by atoms with Crippen LogP contribution in [0, 0.1) is 11.8 Å². The maximum Gasteiger partial charge on any atom is 0.337 e. The highest BCUT2D eigenvalue weighted by Crippen LogP contribution is 2.46. The molecule has 0 radical (unpaired) electrons. The molecule has 4 unspecified atom stereocenters. The molecular weight excluding hydrogens is 410 g/mol. The standard InChI is InChI=1S/C25H31NO6/c1-7-14(3)32-25(29)20-15(4)26-18-11-13(2)19(24(28)31-6)23(27)22(18)21(20)16-9-8-10-17(12-16)30-5/h8-10,12-14,19,21,26H,7,11H2,1-6H3. The van der Waals surface area contributed by atoms with Crippen molar-refractivity contribution >= 4 is 17.7 Å². The topological polar surface area (TPSA) is 90.9 Å². The lowest BCUT2D eigenvalue weighted by atomic mass is 9.69. The lowest BCUT2D eigenvalue weighted by molar-refractivity contribution is -0.151. The number of methoxy groups -OCH3 is 2. The fourth-order valence-electron chi connectivity index (χ4n) is 4.44. The number of Topliss-reactive ketones (excluding diaryl/α,β-unsaturated/α-hetero) is 1. The second-order valence-corrected chi connectivity index (χ2v) is 8.44. The third-order valence-corrected chi connectivity index (χ3v) is 6.27. The van der Waals surface area contributed by atoms with Crippen LogP contribution >= 0.6 is 0 Å². The van der Waals surface area contributed by atoms with Gasteiger partial charge in [0.15, 0.2) is 5.78 Å². The highest BCUT2D eigenvalue weighted by molar-refractivity contribution is 6.12. The van der Waals surface area contributed by atoms with E-state index in [0.717, 1.165) is 11.3 Å². The Labute approximate surface area is 188 Å². The zero-order valence-electron chi connectivity index (χ0n) is 19.5. The number of nitrogens with one attached hydrogen (secondary N) is 1. The van der Waals surface area contributed by atoms with E-state index in [0.29, 0.717) is 35.4 Å². The van der Waals surface area contributed by atoms with E-state index in [1.165, 1.54) is 7.11 Å². The number of ether oxygens (including phenoxy) is 3. The van der Waals surface area contributed by atoms with Gasteiger partial charge in [-0.15, -0.1) is 0 Å². The van der Waals surface area contributed by atoms with Gasteiger partial charge in [-0.05, 0) is 50.3 Å². The van der Waals surface area contributed by atoms with E-state index in [4.69, 9.17) is 14.2 Å². The van der Waals surface area contributed by atoms with E-state index in [9.17, 15) is 14.4 Å². The second-order valence-electron chi connectivity index (χ2n) is 8.44. The van der Waals surface area contributed by atoms with E-state index >= 15 is 0 Å². The summed E-state index contributed by atoms with van der Waals surface area (Å²) >= 11 is 0. The number of dihydropyridines is 1. The van der Waals surface area contributed by atoms with Crippen LogP contribution in [0.25, 0.3) is 0 Å². The molecule has 172 valence electrons. The quantitative estimate of drug-likeness (QED) is 0.532. The van der Waals surface area contributed by atoms with Crippen molar-refractivity contribution in [3.8, 4) is 5.75 Å². The Hall–Kier alpha value is -3.09. The summed E-state index contributed by atoms with van der Waals surface area (Å²) in [4.78, 5) is 39.4. The SMILES string of the molecule is CCC(C)OC(=O)C1=C(C)NC2=C(C(=O)C(C(=O)OC)C(C)C2)C1c1cccc(OC)c1. The number of esters is 2. The van der Waals surface area contributed by atoms with Crippen LogP contribution in [-0.2, 0) is 23.9 Å². The van der Waals surface area contributed by atoms with Gasteiger partial charge in [-0.1, -0.05) is 26.0 Å². The fraction of sp³-hybridized carbons (Fsp3) is 0.480. The van der Waals surface area contributed by atoms with E-state index in [-0.39, 0.29) is 17.8 Å². The summed E-state index contributed by atoms with van der Waals surface area (Å²) in [6, 6.07) is 7.28. The molecule has 0 saturated heterocycles. The Bertz CT molecular complexity index is 992. The van der Waals surface area contributed by atoms with Crippen LogP contribution in [0.2, 0.25) is 0 Å². The van der Waals surface area contributed by atoms with Crippen LogP contribution in [0.5, 0.6) is 5.75 Å². The number of carbonyl (C=O) groups excluding carboxylic acids is 3. The van der Waals surface area contributed by atoms with Crippen molar-refractivity contribution in [2.75, 3.05) is 14.2 Å². The second kappa shape index (κ2) is 9.59. The lowest BCUT2D eigenvalue weighted by Crippen LogP contribution is -2.43. The summed E-state index contributed by atoms with van der Waals surface area (Å²) in [5.41, 5.74) is 2.87. The number of benzene rings is 1. The highest BCUT2D eigenvalue weighted by atomic mass is 16.5. The number of hydrogen-bond acceptors (Lipinski definition) is 7. The van der Waals surface area contributed by atoms with E-state index < -0.39 is 23.8 Å². The zero-order valence-corrected chi connectivity index (χ0v) is 19.5. The molecule has 4 atom stereocenters. The Morgan fingerprint density at radius 1 is 1.25 bits per heavy atom. The average Bonchev–Trinajstić information content (AvgIpc) is 2.77. The van der Waals surface area contributed by atoms with Gasteiger partial charge in [-0.3, -0.25) is 9.59 Å². The Kier molecular flexibility index (Phi) is 7.06. The highest BCUT2D eigenvalue weighted by Gasteiger charge is 2.47. The van der Waals surface area contributed by atoms with Crippen LogP contribution in [0.3, 0.4) is 0 Å². The summed E-state index contributed by atoms with van der Waals surface area (Å²) in [6.07, 6.45) is 0.894. The molecule has 0 saturated carbocycles. The molecule has 0 bridgehead atoms. The molecule has 0 amide bonds. The average molecular weight is 442 g/mol. The molecule has 1 aliphatic heterocycles.